The lowest BCUT2D eigenvalue weighted by Gasteiger charge is -2.24. The third-order valence-electron chi connectivity index (χ3n) is 5.27. The van der Waals surface area contributed by atoms with Gasteiger partial charge in [-0.1, -0.05) is 6.92 Å². The number of aliphatic hydroxyl groups is 1. The van der Waals surface area contributed by atoms with Gasteiger partial charge < -0.3 is 19.7 Å². The Morgan fingerprint density at radius 1 is 1.25 bits per heavy atom. The molecule has 0 saturated carbocycles. The average molecular weight is 444 g/mol. The number of hydrogen-bond acceptors (Lipinski definition) is 4. The summed E-state index contributed by atoms with van der Waals surface area (Å²) in [6, 6.07) is 7.55. The Labute approximate surface area is 186 Å². The molecule has 3 rings (SSSR count). The van der Waals surface area contributed by atoms with E-state index in [4.69, 9.17) is 4.74 Å². The number of halogens is 1. The lowest BCUT2D eigenvalue weighted by atomic mass is 10.1. The maximum absolute atomic E-state index is 13.7. The first kappa shape index (κ1) is 23.5. The normalized spacial score (nSPS) is 11.9. The fraction of sp³-hybridized carbons (Fsp3) is 0.417. The van der Waals surface area contributed by atoms with Gasteiger partial charge in [0.25, 0.3) is 11.5 Å². The van der Waals surface area contributed by atoms with Crippen molar-refractivity contribution in [2.75, 3.05) is 6.61 Å². The second kappa shape index (κ2) is 8.78. The molecule has 0 radical (unpaired) electrons. The number of aromatic nitrogens is 2. The molecule has 0 atom stereocenters. The molecule has 3 aromatic rings. The van der Waals surface area contributed by atoms with Crippen molar-refractivity contribution in [1.82, 2.24) is 14.5 Å². The van der Waals surface area contributed by atoms with Crippen molar-refractivity contribution >= 4 is 16.8 Å². The molecule has 2 aromatic heterocycles. The molecular weight excluding hydrogens is 413 g/mol. The number of amides is 1. The third-order valence-corrected chi connectivity index (χ3v) is 5.27. The van der Waals surface area contributed by atoms with Crippen molar-refractivity contribution < 1.29 is 19.0 Å². The number of pyridine rings is 1. The van der Waals surface area contributed by atoms with E-state index in [0.29, 0.717) is 23.3 Å². The molecule has 32 heavy (non-hydrogen) atoms. The molecule has 0 bridgehead atoms. The molecule has 1 aromatic carbocycles. The van der Waals surface area contributed by atoms with Gasteiger partial charge in [0, 0.05) is 18.4 Å². The Balaban J connectivity index is 2.36. The lowest BCUT2D eigenvalue weighted by Crippen LogP contribution is -2.46. The Morgan fingerprint density at radius 3 is 2.41 bits per heavy atom. The van der Waals surface area contributed by atoms with Crippen LogP contribution in [0.3, 0.4) is 0 Å². The van der Waals surface area contributed by atoms with Gasteiger partial charge in [0.1, 0.15) is 11.2 Å². The van der Waals surface area contributed by atoms with Gasteiger partial charge in [0.05, 0.1) is 23.8 Å². The highest BCUT2D eigenvalue weighted by Gasteiger charge is 2.30. The van der Waals surface area contributed by atoms with Crippen LogP contribution in [0, 0.1) is 5.82 Å². The van der Waals surface area contributed by atoms with Gasteiger partial charge in [-0.2, -0.15) is 0 Å². The molecule has 0 saturated heterocycles. The number of ether oxygens (including phenoxy) is 1. The zero-order valence-electron chi connectivity index (χ0n) is 19.3. The highest BCUT2D eigenvalue weighted by Crippen LogP contribution is 2.33. The van der Waals surface area contributed by atoms with E-state index in [1.54, 1.807) is 37.6 Å². The van der Waals surface area contributed by atoms with Gasteiger partial charge in [-0.15, -0.1) is 0 Å². The smallest absolute Gasteiger partial charge is 0.272 e. The molecule has 0 aliphatic heterocycles. The minimum atomic E-state index is -0.856. The Kier molecular flexibility index (Phi) is 6.46. The van der Waals surface area contributed by atoms with E-state index in [-0.39, 0.29) is 35.1 Å². The van der Waals surface area contributed by atoms with Crippen molar-refractivity contribution in [2.45, 2.75) is 52.7 Å². The first-order valence-electron chi connectivity index (χ1n) is 10.6. The molecule has 0 unspecified atom stereocenters. The number of carbonyl (C=O) groups is 1. The van der Waals surface area contributed by atoms with Crippen LogP contribution in [0.2, 0.25) is 0 Å². The monoisotopic (exact) mass is 443 g/mol. The summed E-state index contributed by atoms with van der Waals surface area (Å²) in [6.07, 6.45) is 0.259. The zero-order valence-corrected chi connectivity index (χ0v) is 19.3. The summed E-state index contributed by atoms with van der Waals surface area (Å²) >= 11 is 0. The van der Waals surface area contributed by atoms with Crippen LogP contribution in [-0.4, -0.2) is 38.4 Å². The van der Waals surface area contributed by atoms with Crippen LogP contribution < -0.4 is 15.6 Å². The highest BCUT2D eigenvalue weighted by atomic mass is 19.1. The van der Waals surface area contributed by atoms with E-state index in [1.165, 1.54) is 16.7 Å². The van der Waals surface area contributed by atoms with E-state index < -0.39 is 17.3 Å². The van der Waals surface area contributed by atoms with Crippen molar-refractivity contribution in [1.29, 1.82) is 0 Å². The molecule has 0 spiro atoms. The molecule has 7 nitrogen and oxygen atoms in total. The number of benzene rings is 1. The van der Waals surface area contributed by atoms with E-state index in [2.05, 4.69) is 5.32 Å². The first-order valence-corrected chi connectivity index (χ1v) is 10.6. The fourth-order valence-corrected chi connectivity index (χ4v) is 3.66. The number of aliphatic hydroxyl groups excluding tert-OH is 1. The third kappa shape index (κ3) is 4.27. The Hall–Kier alpha value is -3.13. The van der Waals surface area contributed by atoms with Gasteiger partial charge in [0.2, 0.25) is 0 Å². The second-order valence-electron chi connectivity index (χ2n) is 8.77. The largest absolute Gasteiger partial charge is 0.488 e. The van der Waals surface area contributed by atoms with Crippen LogP contribution in [-0.2, 0) is 13.5 Å². The minimum absolute atomic E-state index is 0.187. The molecule has 2 N–H and O–H groups in total. The molecule has 0 aliphatic carbocycles. The SMILES string of the molecule is CCc1cc2c(c(OC(C)C)c(C(=O)NC(C)(C)CO)n2C)c(=O)n1-c1ccc(F)cc1. The van der Waals surface area contributed by atoms with Crippen molar-refractivity contribution in [3.63, 3.8) is 0 Å². The van der Waals surface area contributed by atoms with E-state index in [1.807, 2.05) is 26.8 Å². The molecule has 8 heteroatoms. The lowest BCUT2D eigenvalue weighted by molar-refractivity contribution is 0.0855. The number of nitrogens with zero attached hydrogens (tertiary/aromatic N) is 2. The topological polar surface area (TPSA) is 85.5 Å². The van der Waals surface area contributed by atoms with Crippen molar-refractivity contribution in [3.05, 3.63) is 57.9 Å². The number of rotatable bonds is 7. The van der Waals surface area contributed by atoms with Crippen LogP contribution in [0.25, 0.3) is 16.6 Å². The average Bonchev–Trinajstić information content (AvgIpc) is 2.99. The predicted octanol–water partition coefficient (Wildman–Crippen LogP) is 3.32. The molecule has 0 aliphatic rings. The zero-order chi connectivity index (χ0) is 23.8. The maximum Gasteiger partial charge on any atom is 0.272 e. The van der Waals surface area contributed by atoms with E-state index in [0.717, 1.165) is 0 Å². The highest BCUT2D eigenvalue weighted by molar-refractivity contribution is 6.04. The summed E-state index contributed by atoms with van der Waals surface area (Å²) in [5.41, 5.74) is 0.804. The molecule has 2 heterocycles. The number of hydrogen-bond donors (Lipinski definition) is 2. The molecular formula is C24H30FN3O4. The van der Waals surface area contributed by atoms with Crippen molar-refractivity contribution in [3.8, 4) is 11.4 Å². The fourth-order valence-electron chi connectivity index (χ4n) is 3.66. The Bertz CT molecular complexity index is 1210. The predicted molar refractivity (Wildman–Crippen MR) is 122 cm³/mol. The van der Waals surface area contributed by atoms with Gasteiger partial charge in [-0.3, -0.25) is 14.2 Å². The number of fused-ring (bicyclic) bond motifs is 1. The number of carbonyl (C=O) groups excluding carboxylic acids is 1. The summed E-state index contributed by atoms with van der Waals surface area (Å²) in [7, 11) is 1.71. The number of nitrogens with one attached hydrogen (secondary N) is 1. The van der Waals surface area contributed by atoms with Gasteiger partial charge in [-0.25, -0.2) is 4.39 Å². The van der Waals surface area contributed by atoms with Gasteiger partial charge >= 0.3 is 0 Å². The summed E-state index contributed by atoms with van der Waals surface area (Å²) in [5, 5.41) is 12.6. The standard InChI is InChI=1S/C24H30FN3O4/c1-7-16-12-18-19(23(31)28(16)17-10-8-15(25)9-11-17)21(32-14(2)3)20(27(18)6)22(30)26-24(4,5)13-29/h8-12,14,29H,7,13H2,1-6H3,(H,26,30). The summed E-state index contributed by atoms with van der Waals surface area (Å²) < 4.78 is 22.6. The quantitative estimate of drug-likeness (QED) is 0.587. The summed E-state index contributed by atoms with van der Waals surface area (Å²) in [4.78, 5) is 26.9. The van der Waals surface area contributed by atoms with Gasteiger partial charge in [-0.05, 0) is 64.4 Å². The van der Waals surface area contributed by atoms with Crippen LogP contribution >= 0.6 is 0 Å². The van der Waals surface area contributed by atoms with Gasteiger partial charge in [0.15, 0.2) is 11.4 Å². The first-order chi connectivity index (χ1) is 15.0. The summed E-state index contributed by atoms with van der Waals surface area (Å²) in [6.45, 7) is 8.71. The summed E-state index contributed by atoms with van der Waals surface area (Å²) in [5.74, 6) is -0.661. The van der Waals surface area contributed by atoms with Crippen LogP contribution in [0.1, 0.15) is 50.8 Å². The second-order valence-corrected chi connectivity index (χ2v) is 8.77. The maximum atomic E-state index is 13.7. The Morgan fingerprint density at radius 2 is 1.88 bits per heavy atom. The molecule has 0 fully saturated rings. The van der Waals surface area contributed by atoms with Crippen LogP contribution in [0.5, 0.6) is 5.75 Å². The molecule has 172 valence electrons. The van der Waals surface area contributed by atoms with Crippen LogP contribution in [0.15, 0.2) is 35.1 Å². The molecule has 1 amide bonds. The van der Waals surface area contributed by atoms with E-state index in [9.17, 15) is 19.1 Å². The van der Waals surface area contributed by atoms with Crippen LogP contribution in [0.4, 0.5) is 4.39 Å². The van der Waals surface area contributed by atoms with E-state index >= 15 is 0 Å². The van der Waals surface area contributed by atoms with Crippen molar-refractivity contribution in [2.24, 2.45) is 7.05 Å². The minimum Gasteiger partial charge on any atom is -0.488 e. The number of aryl methyl sites for hydroxylation is 2.